The molecule has 5 rings (SSSR count). The van der Waals surface area contributed by atoms with Gasteiger partial charge in [0, 0.05) is 35.1 Å². The minimum absolute atomic E-state index is 0.0737. The molecule has 2 atom stereocenters. The van der Waals surface area contributed by atoms with Gasteiger partial charge in [-0.2, -0.15) is 13.2 Å². The van der Waals surface area contributed by atoms with E-state index < -0.39 is 57.1 Å². The molecule has 0 unspecified atom stereocenters. The Morgan fingerprint density at radius 1 is 1.04 bits per heavy atom. The average Bonchev–Trinajstić information content (AvgIpc) is 3.58. The zero-order chi connectivity index (χ0) is 38.5. The molecule has 5 N–H and O–H groups in total. The molecule has 2 heterocycles. The summed E-state index contributed by atoms with van der Waals surface area (Å²) >= 11 is 0. The number of methoxy groups -OCH3 is 1. The number of carbonyl (C=O) groups excluding carboxylic acids is 2. The van der Waals surface area contributed by atoms with Gasteiger partial charge in [-0.05, 0) is 93.1 Å². The molecule has 0 bridgehead atoms. The number of nitrogens with two attached hydrogens (primary N) is 1. The van der Waals surface area contributed by atoms with Crippen LogP contribution < -0.4 is 16.4 Å². The number of alkyl halides is 3. The molecule has 17 heteroatoms. The lowest BCUT2D eigenvalue weighted by atomic mass is 9.99. The van der Waals surface area contributed by atoms with Crippen LogP contribution >= 0.6 is 0 Å². The predicted octanol–water partition coefficient (Wildman–Crippen LogP) is 6.78. The van der Waals surface area contributed by atoms with Crippen molar-refractivity contribution < 1.29 is 50.2 Å². The summed E-state index contributed by atoms with van der Waals surface area (Å²) in [6.45, 7) is 5.32. The highest BCUT2D eigenvalue weighted by molar-refractivity contribution is 7.92. The zero-order valence-corrected chi connectivity index (χ0v) is 29.3. The number of amides is 2. The monoisotopic (exact) mass is 747 g/mol. The lowest BCUT2D eigenvalue weighted by Crippen LogP contribution is -2.38. The number of aryl methyl sites for hydroxylation is 1. The Kier molecular flexibility index (Phi) is 12.0. The molecule has 1 saturated heterocycles. The average molecular weight is 748 g/mol. The van der Waals surface area contributed by atoms with E-state index in [1.165, 1.54) is 25.3 Å². The first-order valence-electron chi connectivity index (χ1n) is 15.8. The van der Waals surface area contributed by atoms with Crippen LogP contribution in [0.1, 0.15) is 55.5 Å². The number of nitrogens with one attached hydrogen (secondary N) is 2. The molecule has 12 nitrogen and oxygen atoms in total. The molecule has 1 aliphatic heterocycles. The molecule has 0 aliphatic carbocycles. The molecular weight excluding hydrogens is 710 g/mol. The van der Waals surface area contributed by atoms with Crippen LogP contribution in [0.4, 0.5) is 39.5 Å². The van der Waals surface area contributed by atoms with E-state index in [-0.39, 0.29) is 10.5 Å². The number of fused-ring (bicyclic) bond motifs is 1. The van der Waals surface area contributed by atoms with Gasteiger partial charge < -0.3 is 25.8 Å². The van der Waals surface area contributed by atoms with Gasteiger partial charge in [-0.15, -0.1) is 0 Å². The Bertz CT molecular complexity index is 2090. The number of nitrogens with zero attached hydrogens (tertiary/aromatic N) is 2. The number of benzene rings is 3. The van der Waals surface area contributed by atoms with Crippen LogP contribution in [0.15, 0.2) is 71.8 Å². The number of carboxylic acid groups (broad SMARTS) is 1. The Balaban J connectivity index is 0.000000785. The minimum atomic E-state index is -5.08. The number of carboxylic acids is 1. The molecule has 3 aromatic carbocycles. The molecule has 52 heavy (non-hydrogen) atoms. The number of ether oxygens (including phenoxy) is 1. The summed E-state index contributed by atoms with van der Waals surface area (Å²) in [5.74, 6) is -3.36. The van der Waals surface area contributed by atoms with Gasteiger partial charge >= 0.3 is 18.2 Å². The maximum absolute atomic E-state index is 15.4. The smallest absolute Gasteiger partial charge is 0.475 e. The van der Waals surface area contributed by atoms with Crippen LogP contribution in [0.25, 0.3) is 10.8 Å². The third-order valence-corrected chi connectivity index (χ3v) is 10.5. The summed E-state index contributed by atoms with van der Waals surface area (Å²) < 4.78 is 78.9. The van der Waals surface area contributed by atoms with Crippen molar-refractivity contribution in [1.29, 1.82) is 0 Å². The molecular formula is C35H37F4N5O7S. The Morgan fingerprint density at radius 2 is 1.71 bits per heavy atom. The van der Waals surface area contributed by atoms with Gasteiger partial charge in [0.05, 0.1) is 23.3 Å². The van der Waals surface area contributed by atoms with E-state index in [0.29, 0.717) is 42.1 Å². The molecule has 278 valence electrons. The number of aliphatic carboxylic acids is 1. The van der Waals surface area contributed by atoms with Crippen LogP contribution in [0.5, 0.6) is 0 Å². The fourth-order valence-corrected chi connectivity index (χ4v) is 6.99. The van der Waals surface area contributed by atoms with Gasteiger partial charge in [0.15, 0.2) is 9.84 Å². The fraction of sp³-hybridized carbons (Fsp3) is 0.314. The Hall–Kier alpha value is -5.45. The molecule has 0 spiro atoms. The van der Waals surface area contributed by atoms with Crippen LogP contribution in [-0.2, 0) is 24.2 Å². The summed E-state index contributed by atoms with van der Waals surface area (Å²) in [7, 11) is -2.55. The summed E-state index contributed by atoms with van der Waals surface area (Å²) in [5, 5.41) is 13.8. The lowest BCUT2D eigenvalue weighted by Gasteiger charge is -2.32. The van der Waals surface area contributed by atoms with Gasteiger partial charge in [0.25, 0.3) is 0 Å². The highest BCUT2D eigenvalue weighted by atomic mass is 32.2. The van der Waals surface area contributed by atoms with E-state index in [4.69, 9.17) is 20.4 Å². The van der Waals surface area contributed by atoms with Crippen LogP contribution in [-0.4, -0.2) is 66.5 Å². The number of hydrogen-bond acceptors (Lipinski definition) is 9. The van der Waals surface area contributed by atoms with Gasteiger partial charge in [0.2, 0.25) is 5.91 Å². The second-order valence-corrected chi connectivity index (χ2v) is 14.7. The van der Waals surface area contributed by atoms with E-state index >= 15 is 4.39 Å². The second kappa shape index (κ2) is 15.8. The van der Waals surface area contributed by atoms with Crippen molar-refractivity contribution in [3.63, 3.8) is 0 Å². The number of pyridine rings is 1. The van der Waals surface area contributed by atoms with E-state index in [9.17, 15) is 31.2 Å². The first-order chi connectivity index (χ1) is 24.3. The molecule has 1 aromatic heterocycles. The van der Waals surface area contributed by atoms with Crippen LogP contribution in [0, 0.1) is 12.7 Å². The number of nitrogen functional groups attached to an aromatic ring is 1. The van der Waals surface area contributed by atoms with E-state index in [2.05, 4.69) is 15.6 Å². The predicted molar refractivity (Wildman–Crippen MR) is 186 cm³/mol. The number of anilines is 3. The van der Waals surface area contributed by atoms with E-state index in [1.807, 2.05) is 13.0 Å². The number of carbonyl (C=O) groups is 3. The highest BCUT2D eigenvalue weighted by Crippen LogP contribution is 2.40. The number of likely N-dealkylation sites (tertiary alicyclic amines) is 1. The van der Waals surface area contributed by atoms with Gasteiger partial charge in [-0.1, -0.05) is 17.7 Å². The topological polar surface area (TPSA) is 181 Å². The maximum Gasteiger partial charge on any atom is 0.490 e. The maximum atomic E-state index is 15.4. The SMILES string of the molecule is COC(=O)Nc1ccc(S(=O)(=O)C(C)C)c([C@H]2CCCN2C(=O)[C@@H](Nc2ccc3c(N)nccc3c2)c2cc(C)ccc2F)c1.O=C(O)C(F)(F)F. The standard InChI is InChI=1S/C33H36FN5O5S.C2HF3O2/c1-19(2)45(42,43)29-12-9-23(38-33(41)44-4)18-26(29)28-6-5-15-39(28)32(40)30(25-16-20(3)7-11-27(25)34)37-22-8-10-24-21(17-22)13-14-36-31(24)35;3-2(4,5)1(6)7/h7-14,16-19,28,30,37H,5-6,15H2,1-4H3,(H2,35,36)(H,38,41);(H,6,7)/t28-,30+;/m1./s1. The number of aromatic nitrogens is 1. The number of hydrogen-bond donors (Lipinski definition) is 4. The minimum Gasteiger partial charge on any atom is -0.475 e. The van der Waals surface area contributed by atoms with Gasteiger partial charge in [0.1, 0.15) is 17.7 Å². The van der Waals surface area contributed by atoms with Crippen molar-refractivity contribution in [3.8, 4) is 0 Å². The molecule has 1 fully saturated rings. The first-order valence-corrected chi connectivity index (χ1v) is 17.4. The van der Waals surface area contributed by atoms with Crippen molar-refractivity contribution in [2.75, 3.05) is 30.0 Å². The van der Waals surface area contributed by atoms with Gasteiger partial charge in [-0.25, -0.2) is 27.4 Å². The molecule has 1 aliphatic rings. The van der Waals surface area contributed by atoms with Crippen molar-refractivity contribution in [3.05, 3.63) is 89.4 Å². The molecule has 4 aromatic rings. The zero-order valence-electron chi connectivity index (χ0n) is 28.5. The number of halogens is 4. The third-order valence-electron chi connectivity index (χ3n) is 8.32. The quantitative estimate of drug-likeness (QED) is 0.140. The summed E-state index contributed by atoms with van der Waals surface area (Å²) in [5.41, 5.74) is 8.23. The van der Waals surface area contributed by atoms with Crippen molar-refractivity contribution in [2.24, 2.45) is 0 Å². The normalized spacial score (nSPS) is 15.1. The number of rotatable bonds is 8. The lowest BCUT2D eigenvalue weighted by molar-refractivity contribution is -0.192. The summed E-state index contributed by atoms with van der Waals surface area (Å²) in [6, 6.07) is 14.5. The van der Waals surface area contributed by atoms with E-state index in [0.717, 1.165) is 16.3 Å². The Morgan fingerprint density at radius 3 is 2.35 bits per heavy atom. The highest BCUT2D eigenvalue weighted by Gasteiger charge is 2.39. The molecule has 0 saturated carbocycles. The van der Waals surface area contributed by atoms with Crippen molar-refractivity contribution in [1.82, 2.24) is 9.88 Å². The summed E-state index contributed by atoms with van der Waals surface area (Å²) in [6.07, 6.45) is -3.14. The van der Waals surface area contributed by atoms with Crippen molar-refractivity contribution in [2.45, 2.75) is 62.0 Å². The first kappa shape index (κ1) is 39.3. The Labute approximate surface area is 296 Å². The van der Waals surface area contributed by atoms with Crippen LogP contribution in [0.3, 0.4) is 0 Å². The fourth-order valence-electron chi connectivity index (χ4n) is 5.70. The largest absolute Gasteiger partial charge is 0.490 e. The van der Waals surface area contributed by atoms with Crippen molar-refractivity contribution >= 4 is 55.8 Å². The van der Waals surface area contributed by atoms with Gasteiger partial charge in [-0.3, -0.25) is 10.1 Å². The number of sulfone groups is 1. The third kappa shape index (κ3) is 8.88. The van der Waals surface area contributed by atoms with E-state index in [1.54, 1.807) is 61.3 Å². The van der Waals surface area contributed by atoms with Crippen LogP contribution in [0.2, 0.25) is 0 Å². The molecule has 0 radical (unpaired) electrons. The summed E-state index contributed by atoms with van der Waals surface area (Å²) in [4.78, 5) is 41.2. The second-order valence-electron chi connectivity index (χ2n) is 12.2. The molecule has 2 amide bonds.